The van der Waals surface area contributed by atoms with Crippen LogP contribution in [0.4, 0.5) is 17.1 Å². The van der Waals surface area contributed by atoms with Gasteiger partial charge in [-0.05, 0) is 81.3 Å². The van der Waals surface area contributed by atoms with Gasteiger partial charge < -0.3 is 20.4 Å². The molecule has 16 nitrogen and oxygen atoms in total. The summed E-state index contributed by atoms with van der Waals surface area (Å²) in [7, 11) is 1.80. The first-order chi connectivity index (χ1) is 29.4. The number of benzene rings is 3. The molecule has 2 atom stereocenters. The average molecular weight is 860 g/mol. The number of rotatable bonds is 12. The second kappa shape index (κ2) is 17.2. The number of likely N-dealkylation sites (N-methyl/N-ethyl adjacent to an activating group) is 1. The molecule has 3 aliphatic heterocycles. The number of nitrogens with one attached hydrogen (secondary N) is 3. The maximum Gasteiger partial charge on any atom is 0.255 e. The average Bonchev–Trinajstić information content (AvgIpc) is 3.86. The molecule has 2 aromatic heterocycles. The molecule has 18 heteroatoms. The van der Waals surface area contributed by atoms with Crippen molar-refractivity contribution in [1.82, 2.24) is 35.6 Å². The van der Waals surface area contributed by atoms with Crippen molar-refractivity contribution in [2.75, 3.05) is 31.6 Å². The van der Waals surface area contributed by atoms with Crippen molar-refractivity contribution in [3.8, 4) is 5.00 Å². The lowest BCUT2D eigenvalue weighted by atomic mass is 9.99. The zero-order valence-corrected chi connectivity index (χ0v) is 35.4. The molecule has 3 N–H and O–H groups in total. The Morgan fingerprint density at radius 1 is 0.951 bits per heavy atom. The summed E-state index contributed by atoms with van der Waals surface area (Å²) in [5, 5.41) is 27.3. The number of halogens is 1. The van der Waals surface area contributed by atoms with Gasteiger partial charge in [-0.25, -0.2) is 0 Å². The van der Waals surface area contributed by atoms with E-state index >= 15 is 0 Å². The smallest absolute Gasteiger partial charge is 0.255 e. The highest BCUT2D eigenvalue weighted by Crippen LogP contribution is 2.40. The van der Waals surface area contributed by atoms with Crippen LogP contribution >= 0.6 is 22.9 Å². The number of hydrogen-bond donors (Lipinski definition) is 3. The number of aliphatic imine (C=N–C) groups is 1. The molecular weight excluding hydrogens is 818 g/mol. The number of carbonyl (C=O) groups is 5. The molecule has 5 aromatic rings. The van der Waals surface area contributed by atoms with Crippen molar-refractivity contribution >= 4 is 75.2 Å². The molecule has 0 aliphatic carbocycles. The highest BCUT2D eigenvalue weighted by molar-refractivity contribution is 7.15. The number of aromatic nitrogens is 3. The van der Waals surface area contributed by atoms with Crippen LogP contribution in [0.15, 0.2) is 82.0 Å². The second-order valence-corrected chi connectivity index (χ2v) is 16.7. The number of aryl methyl sites for hydroxylation is 2. The van der Waals surface area contributed by atoms with E-state index in [1.54, 1.807) is 53.6 Å². The van der Waals surface area contributed by atoms with E-state index in [1.807, 2.05) is 47.9 Å². The quantitative estimate of drug-likeness (QED) is 0.0803. The van der Waals surface area contributed by atoms with Gasteiger partial charge in [-0.2, -0.15) is 10.2 Å². The van der Waals surface area contributed by atoms with E-state index in [2.05, 4.69) is 50.2 Å². The molecule has 0 bridgehead atoms. The number of carbonyl (C=O) groups excluding carboxylic acids is 5. The molecule has 3 aliphatic rings. The lowest BCUT2D eigenvalue weighted by molar-refractivity contribution is -0.137. The lowest BCUT2D eigenvalue weighted by Gasteiger charge is -2.29. The van der Waals surface area contributed by atoms with Crippen molar-refractivity contribution in [3.63, 3.8) is 0 Å². The Labute approximate surface area is 360 Å². The van der Waals surface area contributed by atoms with E-state index in [0.717, 1.165) is 38.0 Å². The van der Waals surface area contributed by atoms with Crippen molar-refractivity contribution < 1.29 is 24.0 Å². The second-order valence-electron chi connectivity index (χ2n) is 15.1. The summed E-state index contributed by atoms with van der Waals surface area (Å²) >= 11 is 7.87. The summed E-state index contributed by atoms with van der Waals surface area (Å²) in [6, 6.07) is 18.6. The topological polar surface area (TPSA) is 196 Å². The molecule has 0 radical (unpaired) electrons. The SMILES string of the molecule is Cc1sc2c(c1C)C(c1ccc(Cl)cc1)=N[C@@H](CC(=O)NCCNC(=O)CN(C)c1ccc(N=Nc3cccc4c3CN(C3CCC(=O)NC3=O)C4=O)cc1)c1nnc(C)n1-2. The van der Waals surface area contributed by atoms with Crippen molar-refractivity contribution in [3.05, 3.63) is 116 Å². The number of piperidine rings is 1. The normalized spacial score (nSPS) is 17.0. The molecule has 5 heterocycles. The molecule has 3 aromatic carbocycles. The predicted octanol–water partition coefficient (Wildman–Crippen LogP) is 5.73. The molecule has 8 rings (SSSR count). The zero-order valence-electron chi connectivity index (χ0n) is 33.9. The molecule has 5 amide bonds. The number of amides is 5. The molecule has 1 fully saturated rings. The number of anilines is 1. The fourth-order valence-electron chi connectivity index (χ4n) is 7.70. The van der Waals surface area contributed by atoms with E-state index in [-0.39, 0.29) is 69.1 Å². The minimum atomic E-state index is -0.719. The van der Waals surface area contributed by atoms with Crippen LogP contribution in [0.1, 0.15) is 74.4 Å². The fraction of sp³-hybridized carbons (Fsp3) is 0.302. The minimum Gasteiger partial charge on any atom is -0.365 e. The first-order valence-corrected chi connectivity index (χ1v) is 20.9. The summed E-state index contributed by atoms with van der Waals surface area (Å²) in [6.07, 6.45) is 0.482. The van der Waals surface area contributed by atoms with E-state index in [4.69, 9.17) is 16.6 Å². The maximum absolute atomic E-state index is 13.4. The number of azo groups is 1. The Morgan fingerprint density at radius 3 is 2.43 bits per heavy atom. The van der Waals surface area contributed by atoms with Gasteiger partial charge in [-0.1, -0.05) is 29.8 Å². The van der Waals surface area contributed by atoms with Crippen LogP contribution in [0.3, 0.4) is 0 Å². The Balaban J connectivity index is 0.837. The predicted molar refractivity (Wildman–Crippen MR) is 230 cm³/mol. The van der Waals surface area contributed by atoms with Crippen LogP contribution in [-0.2, 0) is 25.7 Å². The van der Waals surface area contributed by atoms with Gasteiger partial charge in [-0.3, -0.25) is 38.8 Å². The fourth-order valence-corrected chi connectivity index (χ4v) is 9.04. The summed E-state index contributed by atoms with van der Waals surface area (Å²) in [5.41, 5.74) is 6.72. The monoisotopic (exact) mass is 859 g/mol. The van der Waals surface area contributed by atoms with Gasteiger partial charge in [0.25, 0.3) is 5.91 Å². The van der Waals surface area contributed by atoms with Gasteiger partial charge in [0.2, 0.25) is 23.6 Å². The van der Waals surface area contributed by atoms with E-state index in [9.17, 15) is 24.0 Å². The number of hydrogen-bond acceptors (Lipinski definition) is 12. The minimum absolute atomic E-state index is 0.0326. The van der Waals surface area contributed by atoms with Crippen molar-refractivity contribution in [2.45, 2.75) is 58.7 Å². The highest BCUT2D eigenvalue weighted by atomic mass is 35.5. The largest absolute Gasteiger partial charge is 0.365 e. The van der Waals surface area contributed by atoms with Gasteiger partial charge in [-0.15, -0.1) is 21.5 Å². The summed E-state index contributed by atoms with van der Waals surface area (Å²) < 4.78 is 2.00. The lowest BCUT2D eigenvalue weighted by Crippen LogP contribution is -2.52. The number of imide groups is 1. The van der Waals surface area contributed by atoms with Gasteiger partial charge in [0.1, 0.15) is 22.9 Å². The van der Waals surface area contributed by atoms with E-state index in [0.29, 0.717) is 39.2 Å². The van der Waals surface area contributed by atoms with Crippen LogP contribution in [0.2, 0.25) is 5.02 Å². The van der Waals surface area contributed by atoms with Crippen molar-refractivity contribution in [2.24, 2.45) is 15.2 Å². The standard InChI is InChI=1S/C43H42ClN11O5S/c1-23-24(2)61-43-38(23)39(26-8-10-27(44)11-9-26)47-33(40-52-49-25(3)55(40)43)20-36(57)45-18-19-46-37(58)22-53(4)29-14-12-28(13-15-29)50-51-32-7-5-6-30-31(32)21-54(42(30)60)34-16-17-35(56)48-41(34)59/h5-15,33-34H,16-22H2,1-4H3,(H,45,57)(H,46,58)(H,48,56,59)/t33-,34?/m0/s1. The summed E-state index contributed by atoms with van der Waals surface area (Å²) in [4.78, 5) is 73.1. The molecule has 61 heavy (non-hydrogen) atoms. The number of thiophene rings is 1. The molecule has 312 valence electrons. The maximum atomic E-state index is 13.4. The van der Waals surface area contributed by atoms with E-state index < -0.39 is 18.0 Å². The molecule has 0 spiro atoms. The molecule has 0 saturated carbocycles. The first-order valence-electron chi connectivity index (χ1n) is 19.8. The van der Waals surface area contributed by atoms with Gasteiger partial charge in [0, 0.05) is 70.9 Å². The van der Waals surface area contributed by atoms with Gasteiger partial charge in [0.05, 0.1) is 30.1 Å². The number of nitrogens with zero attached hydrogens (tertiary/aromatic N) is 8. The van der Waals surface area contributed by atoms with Gasteiger partial charge >= 0.3 is 0 Å². The third-order valence-electron chi connectivity index (χ3n) is 11.0. The van der Waals surface area contributed by atoms with Crippen LogP contribution < -0.4 is 20.9 Å². The summed E-state index contributed by atoms with van der Waals surface area (Å²) in [5.74, 6) is -0.259. The zero-order chi connectivity index (χ0) is 42.9. The third kappa shape index (κ3) is 8.43. The van der Waals surface area contributed by atoms with E-state index in [1.165, 1.54) is 4.90 Å². The van der Waals surface area contributed by atoms with Crippen LogP contribution in [0, 0.1) is 20.8 Å². The third-order valence-corrected chi connectivity index (χ3v) is 12.5. The Morgan fingerprint density at radius 2 is 1.69 bits per heavy atom. The van der Waals surface area contributed by atoms with Crippen LogP contribution in [0.5, 0.6) is 0 Å². The first kappa shape index (κ1) is 41.2. The van der Waals surface area contributed by atoms with Crippen LogP contribution in [-0.4, -0.2) is 87.6 Å². The van der Waals surface area contributed by atoms with Gasteiger partial charge in [0.15, 0.2) is 5.82 Å². The molecular formula is C43H42ClN11O5S. The highest BCUT2D eigenvalue weighted by Gasteiger charge is 2.40. The Bertz CT molecular complexity index is 2640. The van der Waals surface area contributed by atoms with Crippen LogP contribution in [0.25, 0.3) is 5.00 Å². The summed E-state index contributed by atoms with van der Waals surface area (Å²) in [6.45, 7) is 6.76. The molecule has 1 unspecified atom stereocenters. The Kier molecular flexibility index (Phi) is 11.6. The van der Waals surface area contributed by atoms with Crippen molar-refractivity contribution in [1.29, 1.82) is 0 Å². The molecule has 1 saturated heterocycles. The number of fused-ring (bicyclic) bond motifs is 4. The Hall–Kier alpha value is -6.59.